The Hall–Kier alpha value is -2.50. The summed E-state index contributed by atoms with van der Waals surface area (Å²) in [5, 5.41) is 7.25. The van der Waals surface area contributed by atoms with Crippen LogP contribution in [0.1, 0.15) is 15.9 Å². The highest BCUT2D eigenvalue weighted by Gasteiger charge is 2.06. The molecule has 1 aromatic carbocycles. The van der Waals surface area contributed by atoms with Crippen molar-refractivity contribution in [1.29, 1.82) is 0 Å². The minimum absolute atomic E-state index is 0.325. The average molecular weight is 245 g/mol. The van der Waals surface area contributed by atoms with Gasteiger partial charge in [0.05, 0.1) is 11.8 Å². The van der Waals surface area contributed by atoms with E-state index in [1.807, 2.05) is 13.2 Å². The Bertz CT molecular complexity index is 576. The van der Waals surface area contributed by atoms with Gasteiger partial charge in [-0.25, -0.2) is 0 Å². The molecule has 94 valence electrons. The number of primary amides is 1. The number of hydrogen-bond acceptors (Lipinski definition) is 4. The molecular formula is C12H15N5O. The highest BCUT2D eigenvalue weighted by molar-refractivity contribution is 5.98. The molecule has 1 amide bonds. The third-order valence-electron chi connectivity index (χ3n) is 2.57. The first-order valence-corrected chi connectivity index (χ1v) is 5.47. The summed E-state index contributed by atoms with van der Waals surface area (Å²) in [6, 6.07) is 5.11. The van der Waals surface area contributed by atoms with E-state index >= 15 is 0 Å². The fraction of sp³-hybridized carbons (Fsp3) is 0.167. The first-order chi connectivity index (χ1) is 8.56. The van der Waals surface area contributed by atoms with E-state index < -0.39 is 5.91 Å². The third kappa shape index (κ3) is 2.60. The third-order valence-corrected chi connectivity index (χ3v) is 2.57. The van der Waals surface area contributed by atoms with Crippen LogP contribution in [0.25, 0.3) is 0 Å². The summed E-state index contributed by atoms with van der Waals surface area (Å²) < 4.78 is 1.73. The molecule has 5 N–H and O–H groups in total. The number of nitrogen functional groups attached to an aromatic ring is 1. The molecule has 0 aliphatic rings. The van der Waals surface area contributed by atoms with Crippen LogP contribution in [-0.2, 0) is 13.6 Å². The van der Waals surface area contributed by atoms with Crippen molar-refractivity contribution >= 4 is 17.3 Å². The van der Waals surface area contributed by atoms with Gasteiger partial charge in [0, 0.05) is 36.7 Å². The molecule has 0 atom stereocenters. The quantitative estimate of drug-likeness (QED) is 0.691. The van der Waals surface area contributed by atoms with Gasteiger partial charge in [0.1, 0.15) is 0 Å². The first-order valence-electron chi connectivity index (χ1n) is 5.47. The van der Waals surface area contributed by atoms with Crippen molar-refractivity contribution in [2.75, 3.05) is 11.1 Å². The molecule has 6 nitrogen and oxygen atoms in total. The number of nitrogens with two attached hydrogens (primary N) is 2. The first kappa shape index (κ1) is 12.0. The van der Waals surface area contributed by atoms with Crippen molar-refractivity contribution in [3.63, 3.8) is 0 Å². The van der Waals surface area contributed by atoms with Gasteiger partial charge in [-0.05, 0) is 18.2 Å². The smallest absolute Gasteiger partial charge is 0.250 e. The Morgan fingerprint density at radius 3 is 2.89 bits per heavy atom. The molecule has 0 spiro atoms. The largest absolute Gasteiger partial charge is 0.398 e. The number of benzene rings is 1. The zero-order valence-corrected chi connectivity index (χ0v) is 10.1. The van der Waals surface area contributed by atoms with Crippen molar-refractivity contribution in [2.24, 2.45) is 12.8 Å². The Morgan fingerprint density at radius 1 is 1.50 bits per heavy atom. The number of hydrogen-bond donors (Lipinski definition) is 3. The van der Waals surface area contributed by atoms with E-state index in [9.17, 15) is 4.79 Å². The van der Waals surface area contributed by atoms with Crippen molar-refractivity contribution in [3.05, 3.63) is 41.7 Å². The van der Waals surface area contributed by atoms with Crippen molar-refractivity contribution < 1.29 is 4.79 Å². The maximum absolute atomic E-state index is 11.2. The Morgan fingerprint density at radius 2 is 2.28 bits per heavy atom. The van der Waals surface area contributed by atoms with Gasteiger partial charge in [0.15, 0.2) is 0 Å². The van der Waals surface area contributed by atoms with Crippen molar-refractivity contribution in [1.82, 2.24) is 9.78 Å². The van der Waals surface area contributed by atoms with Crippen LogP contribution in [0.4, 0.5) is 11.4 Å². The second-order valence-electron chi connectivity index (χ2n) is 4.04. The van der Waals surface area contributed by atoms with Gasteiger partial charge in [0.25, 0.3) is 5.91 Å². The lowest BCUT2D eigenvalue weighted by Gasteiger charge is -2.08. The molecule has 1 heterocycles. The zero-order chi connectivity index (χ0) is 13.1. The second kappa shape index (κ2) is 4.79. The summed E-state index contributed by atoms with van der Waals surface area (Å²) in [6.07, 6.45) is 3.69. The fourth-order valence-corrected chi connectivity index (χ4v) is 1.65. The summed E-state index contributed by atoms with van der Waals surface area (Å²) in [6.45, 7) is 0.621. The molecule has 0 saturated heterocycles. The van der Waals surface area contributed by atoms with Crippen LogP contribution in [0.3, 0.4) is 0 Å². The van der Waals surface area contributed by atoms with Crippen LogP contribution in [0.15, 0.2) is 30.6 Å². The van der Waals surface area contributed by atoms with Crippen LogP contribution >= 0.6 is 0 Å². The Labute approximate surface area is 105 Å². The molecule has 0 radical (unpaired) electrons. The molecule has 2 rings (SSSR count). The minimum Gasteiger partial charge on any atom is -0.398 e. The zero-order valence-electron chi connectivity index (χ0n) is 10.1. The van der Waals surface area contributed by atoms with E-state index in [0.717, 1.165) is 11.3 Å². The predicted molar refractivity (Wildman–Crippen MR) is 69.9 cm³/mol. The number of nitrogens with one attached hydrogen (secondary N) is 1. The number of nitrogens with zero attached hydrogens (tertiary/aromatic N) is 2. The van der Waals surface area contributed by atoms with E-state index in [0.29, 0.717) is 17.8 Å². The van der Waals surface area contributed by atoms with Gasteiger partial charge in [0.2, 0.25) is 0 Å². The fourth-order valence-electron chi connectivity index (χ4n) is 1.65. The molecule has 6 heteroatoms. The molecule has 0 fully saturated rings. The van der Waals surface area contributed by atoms with Gasteiger partial charge < -0.3 is 16.8 Å². The van der Waals surface area contributed by atoms with Crippen LogP contribution < -0.4 is 16.8 Å². The van der Waals surface area contributed by atoms with Crippen LogP contribution in [0, 0.1) is 0 Å². The predicted octanol–water partition coefficient (Wildman–Crippen LogP) is 0.713. The van der Waals surface area contributed by atoms with E-state index in [4.69, 9.17) is 11.5 Å². The minimum atomic E-state index is -0.530. The molecule has 0 aliphatic heterocycles. The van der Waals surface area contributed by atoms with Crippen LogP contribution in [0.5, 0.6) is 0 Å². The summed E-state index contributed by atoms with van der Waals surface area (Å²) in [5.74, 6) is -0.530. The van der Waals surface area contributed by atoms with E-state index in [-0.39, 0.29) is 0 Å². The molecule has 0 bridgehead atoms. The van der Waals surface area contributed by atoms with Crippen LogP contribution in [0.2, 0.25) is 0 Å². The SMILES string of the molecule is Cn1cc(CNc2ccc(N)c(C(N)=O)c2)cn1. The highest BCUT2D eigenvalue weighted by Crippen LogP contribution is 2.17. The molecule has 0 aliphatic carbocycles. The van der Waals surface area contributed by atoms with Gasteiger partial charge in [-0.2, -0.15) is 5.10 Å². The number of rotatable bonds is 4. The maximum Gasteiger partial charge on any atom is 0.250 e. The monoisotopic (exact) mass is 245 g/mol. The van der Waals surface area contributed by atoms with E-state index in [1.54, 1.807) is 29.1 Å². The normalized spacial score (nSPS) is 10.3. The number of aryl methyl sites for hydroxylation is 1. The summed E-state index contributed by atoms with van der Waals surface area (Å²) >= 11 is 0. The highest BCUT2D eigenvalue weighted by atomic mass is 16.1. The molecule has 0 unspecified atom stereocenters. The molecular weight excluding hydrogens is 230 g/mol. The molecule has 2 aromatic rings. The lowest BCUT2D eigenvalue weighted by Crippen LogP contribution is -2.14. The lowest BCUT2D eigenvalue weighted by atomic mass is 10.1. The van der Waals surface area contributed by atoms with Gasteiger partial charge in [-0.3, -0.25) is 9.48 Å². The van der Waals surface area contributed by atoms with Crippen molar-refractivity contribution in [2.45, 2.75) is 6.54 Å². The Balaban J connectivity index is 2.10. The summed E-state index contributed by atoms with van der Waals surface area (Å²) in [7, 11) is 1.86. The Kier molecular flexibility index (Phi) is 3.18. The van der Waals surface area contributed by atoms with Gasteiger partial charge in [-0.15, -0.1) is 0 Å². The second-order valence-corrected chi connectivity index (χ2v) is 4.04. The average Bonchev–Trinajstić information content (AvgIpc) is 2.74. The molecule has 0 saturated carbocycles. The topological polar surface area (TPSA) is 99.0 Å². The van der Waals surface area contributed by atoms with Gasteiger partial charge in [-0.1, -0.05) is 0 Å². The number of carbonyl (C=O) groups is 1. The number of aromatic nitrogens is 2. The van der Waals surface area contributed by atoms with Gasteiger partial charge >= 0.3 is 0 Å². The van der Waals surface area contributed by atoms with Crippen molar-refractivity contribution in [3.8, 4) is 0 Å². The summed E-state index contributed by atoms with van der Waals surface area (Å²) in [5.41, 5.74) is 13.4. The number of carbonyl (C=O) groups excluding carboxylic acids is 1. The van der Waals surface area contributed by atoms with E-state index in [2.05, 4.69) is 10.4 Å². The maximum atomic E-state index is 11.2. The summed E-state index contributed by atoms with van der Waals surface area (Å²) in [4.78, 5) is 11.2. The molecule has 1 aromatic heterocycles. The number of anilines is 2. The standard InChI is InChI=1S/C12H15N5O/c1-17-7-8(6-16-17)5-15-9-2-3-11(13)10(4-9)12(14)18/h2-4,6-7,15H,5,13H2,1H3,(H2,14,18). The van der Waals surface area contributed by atoms with Crippen LogP contribution in [-0.4, -0.2) is 15.7 Å². The molecule has 18 heavy (non-hydrogen) atoms. The number of amides is 1. The lowest BCUT2D eigenvalue weighted by molar-refractivity contribution is 0.100. The van der Waals surface area contributed by atoms with E-state index in [1.165, 1.54) is 0 Å².